The lowest BCUT2D eigenvalue weighted by Crippen LogP contribution is -2.27. The quantitative estimate of drug-likeness (QED) is 0.840. The number of nitrogens with one attached hydrogen (secondary N) is 1. The monoisotopic (exact) mass is 352 g/mol. The summed E-state index contributed by atoms with van der Waals surface area (Å²) in [4.78, 5) is 26.2. The Bertz CT molecular complexity index is 765. The summed E-state index contributed by atoms with van der Waals surface area (Å²) in [7, 11) is 0. The molecule has 2 N–H and O–H groups in total. The highest BCUT2D eigenvalue weighted by Crippen LogP contribution is 2.17. The molecule has 2 aromatic rings. The van der Waals surface area contributed by atoms with Crippen LogP contribution in [0.15, 0.2) is 48.5 Å². The maximum atomic E-state index is 12.3. The number of phenols is 1. The molecule has 26 heavy (non-hydrogen) atoms. The number of nitrogens with zero attached hydrogens (tertiary/aromatic N) is 1. The van der Waals surface area contributed by atoms with Gasteiger partial charge in [-0.3, -0.25) is 9.59 Å². The van der Waals surface area contributed by atoms with Crippen LogP contribution in [0.2, 0.25) is 0 Å². The topological polar surface area (TPSA) is 69.6 Å². The van der Waals surface area contributed by atoms with Crippen molar-refractivity contribution in [1.29, 1.82) is 0 Å². The SMILES string of the molecule is O=C(CCc1ccccc1O)NCc1ccc(C(=O)N2CCCC2)cc1. The van der Waals surface area contributed by atoms with Crippen molar-refractivity contribution in [2.45, 2.75) is 32.2 Å². The van der Waals surface area contributed by atoms with Gasteiger partial charge in [-0.25, -0.2) is 0 Å². The average Bonchev–Trinajstić information content (AvgIpc) is 3.20. The number of para-hydroxylation sites is 1. The predicted octanol–water partition coefficient (Wildman–Crippen LogP) is 2.88. The number of rotatable bonds is 6. The number of carbonyl (C=O) groups excluding carboxylic acids is 2. The Labute approximate surface area is 153 Å². The van der Waals surface area contributed by atoms with E-state index in [1.54, 1.807) is 12.1 Å². The Morgan fingerprint density at radius 1 is 1.00 bits per heavy atom. The van der Waals surface area contributed by atoms with Crippen LogP contribution >= 0.6 is 0 Å². The van der Waals surface area contributed by atoms with Gasteiger partial charge in [-0.15, -0.1) is 0 Å². The van der Waals surface area contributed by atoms with Crippen LogP contribution in [-0.4, -0.2) is 34.9 Å². The predicted molar refractivity (Wildman–Crippen MR) is 99.9 cm³/mol. The molecule has 3 rings (SSSR count). The molecule has 1 fully saturated rings. The first-order valence-corrected chi connectivity index (χ1v) is 9.05. The number of aryl methyl sites for hydroxylation is 1. The summed E-state index contributed by atoms with van der Waals surface area (Å²) in [6, 6.07) is 14.5. The zero-order valence-electron chi connectivity index (χ0n) is 14.8. The molecule has 0 saturated carbocycles. The molecule has 1 aliphatic heterocycles. The molecule has 2 amide bonds. The van der Waals surface area contributed by atoms with Crippen molar-refractivity contribution in [3.63, 3.8) is 0 Å². The zero-order chi connectivity index (χ0) is 18.4. The van der Waals surface area contributed by atoms with Gasteiger partial charge in [0, 0.05) is 31.6 Å². The van der Waals surface area contributed by atoms with Gasteiger partial charge < -0.3 is 15.3 Å². The van der Waals surface area contributed by atoms with Crippen molar-refractivity contribution in [2.75, 3.05) is 13.1 Å². The smallest absolute Gasteiger partial charge is 0.253 e. The molecule has 0 radical (unpaired) electrons. The van der Waals surface area contributed by atoms with Crippen LogP contribution in [0.4, 0.5) is 0 Å². The molecule has 0 aromatic heterocycles. The third-order valence-corrected chi connectivity index (χ3v) is 4.70. The highest BCUT2D eigenvalue weighted by molar-refractivity contribution is 5.94. The summed E-state index contributed by atoms with van der Waals surface area (Å²) in [6.45, 7) is 2.11. The minimum atomic E-state index is -0.0644. The number of likely N-dealkylation sites (tertiary alicyclic amines) is 1. The van der Waals surface area contributed by atoms with E-state index in [9.17, 15) is 14.7 Å². The first-order chi connectivity index (χ1) is 12.6. The number of phenolic OH excluding ortho intramolecular Hbond substituents is 1. The molecular formula is C21H24N2O3. The van der Waals surface area contributed by atoms with Crippen molar-refractivity contribution in [3.05, 3.63) is 65.2 Å². The minimum absolute atomic E-state index is 0.0644. The molecule has 0 aliphatic carbocycles. The number of amides is 2. The fourth-order valence-corrected chi connectivity index (χ4v) is 3.13. The van der Waals surface area contributed by atoms with Crippen LogP contribution in [-0.2, 0) is 17.8 Å². The normalized spacial score (nSPS) is 13.6. The lowest BCUT2D eigenvalue weighted by Gasteiger charge is -2.15. The second-order valence-corrected chi connectivity index (χ2v) is 6.60. The number of hydrogen-bond acceptors (Lipinski definition) is 3. The lowest BCUT2D eigenvalue weighted by atomic mass is 10.1. The molecule has 1 heterocycles. The highest BCUT2D eigenvalue weighted by atomic mass is 16.3. The van der Waals surface area contributed by atoms with E-state index in [1.165, 1.54) is 0 Å². The van der Waals surface area contributed by atoms with Gasteiger partial charge >= 0.3 is 0 Å². The van der Waals surface area contributed by atoms with E-state index in [-0.39, 0.29) is 17.6 Å². The maximum Gasteiger partial charge on any atom is 0.253 e. The molecule has 0 bridgehead atoms. The molecule has 0 spiro atoms. The Kier molecular flexibility index (Phi) is 5.89. The molecule has 2 aromatic carbocycles. The summed E-state index contributed by atoms with van der Waals surface area (Å²) >= 11 is 0. The van der Waals surface area contributed by atoms with Crippen LogP contribution < -0.4 is 5.32 Å². The van der Waals surface area contributed by atoms with E-state index in [1.807, 2.05) is 41.3 Å². The van der Waals surface area contributed by atoms with E-state index in [0.717, 1.165) is 37.1 Å². The van der Waals surface area contributed by atoms with E-state index >= 15 is 0 Å². The van der Waals surface area contributed by atoms with Gasteiger partial charge in [0.15, 0.2) is 0 Å². The Balaban J connectivity index is 1.46. The summed E-state index contributed by atoms with van der Waals surface area (Å²) < 4.78 is 0. The van der Waals surface area contributed by atoms with Crippen LogP contribution in [0, 0.1) is 0 Å². The van der Waals surface area contributed by atoms with E-state index < -0.39 is 0 Å². The van der Waals surface area contributed by atoms with Gasteiger partial charge in [0.25, 0.3) is 5.91 Å². The maximum absolute atomic E-state index is 12.3. The van der Waals surface area contributed by atoms with Crippen molar-refractivity contribution in [1.82, 2.24) is 10.2 Å². The summed E-state index contributed by atoms with van der Waals surface area (Å²) in [5, 5.41) is 12.6. The average molecular weight is 352 g/mol. The summed E-state index contributed by atoms with van der Waals surface area (Å²) in [5.41, 5.74) is 2.42. The Hall–Kier alpha value is -2.82. The Morgan fingerprint density at radius 2 is 1.69 bits per heavy atom. The molecule has 136 valence electrons. The first-order valence-electron chi connectivity index (χ1n) is 9.05. The van der Waals surface area contributed by atoms with Gasteiger partial charge in [0.2, 0.25) is 5.91 Å². The van der Waals surface area contributed by atoms with Crippen LogP contribution in [0.3, 0.4) is 0 Å². The first kappa shape index (κ1) is 18.0. The van der Waals surface area contributed by atoms with Gasteiger partial charge in [-0.1, -0.05) is 30.3 Å². The summed E-state index contributed by atoms with van der Waals surface area (Å²) in [6.07, 6.45) is 2.98. The fraction of sp³-hybridized carbons (Fsp3) is 0.333. The van der Waals surface area contributed by atoms with Gasteiger partial charge in [0.05, 0.1) is 0 Å². The lowest BCUT2D eigenvalue weighted by molar-refractivity contribution is -0.121. The molecule has 0 unspecified atom stereocenters. The van der Waals surface area contributed by atoms with Crippen molar-refractivity contribution in [2.24, 2.45) is 0 Å². The third-order valence-electron chi connectivity index (χ3n) is 4.70. The third kappa shape index (κ3) is 4.63. The standard InChI is InChI=1S/C21H24N2O3/c24-19-6-2-1-5-17(19)11-12-20(25)22-15-16-7-9-18(10-8-16)21(26)23-13-3-4-14-23/h1-2,5-10,24H,3-4,11-15H2,(H,22,25). The van der Waals surface area contributed by atoms with E-state index in [2.05, 4.69) is 5.32 Å². The highest BCUT2D eigenvalue weighted by Gasteiger charge is 2.19. The summed E-state index contributed by atoms with van der Waals surface area (Å²) in [5.74, 6) is 0.241. The Morgan fingerprint density at radius 3 is 2.38 bits per heavy atom. The minimum Gasteiger partial charge on any atom is -0.508 e. The van der Waals surface area contributed by atoms with Gasteiger partial charge in [-0.2, -0.15) is 0 Å². The zero-order valence-corrected chi connectivity index (χ0v) is 14.8. The van der Waals surface area contributed by atoms with Crippen LogP contribution in [0.1, 0.15) is 40.7 Å². The number of aromatic hydroxyl groups is 1. The second kappa shape index (κ2) is 8.52. The van der Waals surface area contributed by atoms with Crippen LogP contribution in [0.5, 0.6) is 5.75 Å². The van der Waals surface area contributed by atoms with Crippen molar-refractivity contribution < 1.29 is 14.7 Å². The van der Waals surface area contributed by atoms with Crippen LogP contribution in [0.25, 0.3) is 0 Å². The molecule has 5 nitrogen and oxygen atoms in total. The molecule has 0 atom stereocenters. The molecule has 5 heteroatoms. The number of hydrogen-bond donors (Lipinski definition) is 2. The fourth-order valence-electron chi connectivity index (χ4n) is 3.13. The van der Waals surface area contributed by atoms with E-state index in [0.29, 0.717) is 24.9 Å². The second-order valence-electron chi connectivity index (χ2n) is 6.60. The van der Waals surface area contributed by atoms with Gasteiger partial charge in [-0.05, 0) is 48.6 Å². The largest absolute Gasteiger partial charge is 0.508 e. The molecule has 1 saturated heterocycles. The van der Waals surface area contributed by atoms with E-state index in [4.69, 9.17) is 0 Å². The molecular weight excluding hydrogens is 328 g/mol. The van der Waals surface area contributed by atoms with Gasteiger partial charge in [0.1, 0.15) is 5.75 Å². The van der Waals surface area contributed by atoms with Crippen molar-refractivity contribution >= 4 is 11.8 Å². The van der Waals surface area contributed by atoms with Crippen molar-refractivity contribution in [3.8, 4) is 5.75 Å². The molecule has 1 aliphatic rings. The number of carbonyl (C=O) groups is 2. The number of benzene rings is 2.